The Kier molecular flexibility index (Phi) is 2.19. The molecule has 1 heterocycles. The Balaban J connectivity index is 2.54. The van der Waals surface area contributed by atoms with Crippen LogP contribution in [0.4, 0.5) is 0 Å². The van der Waals surface area contributed by atoms with Crippen LogP contribution in [0.1, 0.15) is 5.56 Å². The van der Waals surface area contributed by atoms with Crippen LogP contribution in [-0.4, -0.2) is 4.69 Å². The van der Waals surface area contributed by atoms with Crippen LogP contribution in [-0.2, 0) is 11.2 Å². The predicted molar refractivity (Wildman–Crippen MR) is 53.9 cm³/mol. The van der Waals surface area contributed by atoms with E-state index in [2.05, 4.69) is 15.9 Å². The van der Waals surface area contributed by atoms with E-state index >= 15 is 0 Å². The summed E-state index contributed by atoms with van der Waals surface area (Å²) >= 11 is 2.92. The van der Waals surface area contributed by atoms with E-state index in [1.165, 1.54) is 0 Å². The highest BCUT2D eigenvalue weighted by atomic mass is 79.9. The molecule has 0 saturated heterocycles. The summed E-state index contributed by atoms with van der Waals surface area (Å²) in [4.78, 5) is 10.9. The number of fused-ring (bicyclic) bond motifs is 1. The van der Waals surface area contributed by atoms with E-state index in [1.54, 1.807) is 6.26 Å². The maximum Gasteiger partial charge on any atom is 0.202 e. The van der Waals surface area contributed by atoms with Gasteiger partial charge in [0.1, 0.15) is 5.58 Å². The van der Waals surface area contributed by atoms with Crippen LogP contribution in [0.25, 0.3) is 11.0 Å². The Labute approximate surface area is 83.7 Å². The summed E-state index contributed by atoms with van der Waals surface area (Å²) in [5, 5.41) is 1.01. The number of hydrogen-bond donors (Lipinski definition) is 0. The molecule has 0 aliphatic heterocycles. The van der Waals surface area contributed by atoms with Gasteiger partial charge in [0, 0.05) is 11.8 Å². The quantitative estimate of drug-likeness (QED) is 0.754. The fourth-order valence-electron chi connectivity index (χ4n) is 1.36. The fourth-order valence-corrected chi connectivity index (χ4v) is 1.66. The second-order valence-corrected chi connectivity index (χ2v) is 3.67. The van der Waals surface area contributed by atoms with Crippen LogP contribution in [0.15, 0.2) is 34.9 Å². The zero-order valence-corrected chi connectivity index (χ0v) is 8.37. The summed E-state index contributed by atoms with van der Waals surface area (Å²) < 4.78 is 5.20. The van der Waals surface area contributed by atoms with Gasteiger partial charge >= 0.3 is 0 Å². The molecule has 0 unspecified atom stereocenters. The molecule has 0 radical (unpaired) electrons. The van der Waals surface area contributed by atoms with Gasteiger partial charge in [0.15, 0.2) is 0 Å². The maximum absolute atomic E-state index is 10.9. The molecular weight excluding hydrogens is 232 g/mol. The first-order chi connectivity index (χ1) is 6.27. The van der Waals surface area contributed by atoms with Crippen LogP contribution in [0, 0.1) is 0 Å². The summed E-state index contributed by atoms with van der Waals surface area (Å²) in [6.07, 6.45) is 2.03. The molecule has 0 N–H and O–H groups in total. The SMILES string of the molecule is O=C(Br)Cc1cccc2occc12. The summed E-state index contributed by atoms with van der Waals surface area (Å²) in [6.45, 7) is 0. The summed E-state index contributed by atoms with van der Waals surface area (Å²) in [5.41, 5.74) is 1.82. The van der Waals surface area contributed by atoms with Crippen LogP contribution in [0.2, 0.25) is 0 Å². The van der Waals surface area contributed by atoms with Crippen molar-refractivity contribution in [2.75, 3.05) is 0 Å². The Morgan fingerprint density at radius 3 is 3.00 bits per heavy atom. The molecule has 66 valence electrons. The Bertz CT molecular complexity index is 445. The Hall–Kier alpha value is -1.09. The van der Waals surface area contributed by atoms with Gasteiger partial charge < -0.3 is 4.42 Å². The maximum atomic E-state index is 10.9. The molecule has 2 rings (SSSR count). The largest absolute Gasteiger partial charge is 0.464 e. The second-order valence-electron chi connectivity index (χ2n) is 2.78. The summed E-state index contributed by atoms with van der Waals surface area (Å²) in [5.74, 6) is 0. The number of hydrogen-bond acceptors (Lipinski definition) is 2. The van der Waals surface area contributed by atoms with Crippen LogP contribution in [0.5, 0.6) is 0 Å². The van der Waals surface area contributed by atoms with Crippen molar-refractivity contribution in [2.45, 2.75) is 6.42 Å². The average Bonchev–Trinajstić information content (AvgIpc) is 2.51. The van der Waals surface area contributed by atoms with Crippen molar-refractivity contribution in [3.8, 4) is 0 Å². The van der Waals surface area contributed by atoms with E-state index in [-0.39, 0.29) is 4.69 Å². The monoisotopic (exact) mass is 238 g/mol. The first-order valence-corrected chi connectivity index (χ1v) is 4.70. The lowest BCUT2D eigenvalue weighted by atomic mass is 10.1. The first kappa shape index (κ1) is 8.51. The van der Waals surface area contributed by atoms with Crippen LogP contribution in [0.3, 0.4) is 0 Å². The lowest BCUT2D eigenvalue weighted by Gasteiger charge is -1.97. The van der Waals surface area contributed by atoms with Crippen LogP contribution >= 0.6 is 15.9 Å². The fraction of sp³-hybridized carbons (Fsp3) is 0.100. The number of rotatable bonds is 2. The molecule has 0 aliphatic carbocycles. The Morgan fingerprint density at radius 1 is 1.38 bits per heavy atom. The van der Waals surface area contributed by atoms with E-state index in [9.17, 15) is 4.79 Å². The van der Waals surface area contributed by atoms with Gasteiger partial charge in [-0.2, -0.15) is 0 Å². The van der Waals surface area contributed by atoms with E-state index in [0.29, 0.717) is 6.42 Å². The number of carbonyl (C=O) groups excluding carboxylic acids is 1. The van der Waals surface area contributed by atoms with E-state index < -0.39 is 0 Å². The van der Waals surface area contributed by atoms with Crippen LogP contribution < -0.4 is 0 Å². The molecule has 0 aliphatic rings. The van der Waals surface area contributed by atoms with Gasteiger partial charge in [0.2, 0.25) is 4.69 Å². The van der Waals surface area contributed by atoms with Crippen molar-refractivity contribution < 1.29 is 9.21 Å². The minimum absolute atomic E-state index is 0.0128. The molecule has 0 bridgehead atoms. The van der Waals surface area contributed by atoms with Gasteiger partial charge in [-0.25, -0.2) is 0 Å². The molecule has 13 heavy (non-hydrogen) atoms. The van der Waals surface area contributed by atoms with E-state index in [1.807, 2.05) is 24.3 Å². The predicted octanol–water partition coefficient (Wildman–Crippen LogP) is 2.90. The standard InChI is InChI=1S/C10H7BrO2/c11-10(12)6-7-2-1-3-9-8(7)4-5-13-9/h1-5H,6H2. The molecule has 2 aromatic rings. The second kappa shape index (κ2) is 3.34. The lowest BCUT2D eigenvalue weighted by molar-refractivity contribution is -0.109. The van der Waals surface area contributed by atoms with Crippen molar-refractivity contribution >= 4 is 31.6 Å². The molecule has 0 spiro atoms. The van der Waals surface area contributed by atoms with Gasteiger partial charge in [0.25, 0.3) is 0 Å². The molecule has 0 amide bonds. The van der Waals surface area contributed by atoms with Gasteiger partial charge in [0.05, 0.1) is 6.26 Å². The number of benzene rings is 1. The van der Waals surface area contributed by atoms with Crippen molar-refractivity contribution in [3.63, 3.8) is 0 Å². The molecule has 1 aromatic carbocycles. The number of carbonyl (C=O) groups is 1. The third kappa shape index (κ3) is 1.65. The van der Waals surface area contributed by atoms with Crippen molar-refractivity contribution in [1.29, 1.82) is 0 Å². The molecule has 1 aromatic heterocycles. The van der Waals surface area contributed by atoms with Crippen molar-refractivity contribution in [2.24, 2.45) is 0 Å². The van der Waals surface area contributed by atoms with Gasteiger partial charge in [-0.3, -0.25) is 4.79 Å². The highest BCUT2D eigenvalue weighted by molar-refractivity contribution is 9.18. The molecule has 3 heteroatoms. The zero-order chi connectivity index (χ0) is 9.26. The average molecular weight is 239 g/mol. The van der Waals surface area contributed by atoms with Crippen molar-refractivity contribution in [1.82, 2.24) is 0 Å². The highest BCUT2D eigenvalue weighted by Crippen LogP contribution is 2.20. The lowest BCUT2D eigenvalue weighted by Crippen LogP contribution is -1.92. The molecule has 0 saturated carbocycles. The number of furan rings is 1. The summed E-state index contributed by atoms with van der Waals surface area (Å²) in [7, 11) is 0. The van der Waals surface area contributed by atoms with E-state index in [4.69, 9.17) is 4.42 Å². The minimum Gasteiger partial charge on any atom is -0.464 e. The zero-order valence-electron chi connectivity index (χ0n) is 6.79. The molecular formula is C10H7BrO2. The highest BCUT2D eigenvalue weighted by Gasteiger charge is 2.05. The third-order valence-corrected chi connectivity index (χ3v) is 2.20. The van der Waals surface area contributed by atoms with Gasteiger partial charge in [-0.1, -0.05) is 12.1 Å². The van der Waals surface area contributed by atoms with E-state index in [0.717, 1.165) is 16.5 Å². The molecule has 0 atom stereocenters. The molecule has 0 fully saturated rings. The van der Waals surface area contributed by atoms with Crippen molar-refractivity contribution in [3.05, 3.63) is 36.1 Å². The normalized spacial score (nSPS) is 10.5. The third-order valence-electron chi connectivity index (χ3n) is 1.92. The van der Waals surface area contributed by atoms with Gasteiger partial charge in [-0.05, 0) is 33.6 Å². The molecule has 2 nitrogen and oxygen atoms in total. The first-order valence-electron chi connectivity index (χ1n) is 3.91. The topological polar surface area (TPSA) is 30.2 Å². The smallest absolute Gasteiger partial charge is 0.202 e. The number of halogens is 1. The minimum atomic E-state index is -0.0128. The van der Waals surface area contributed by atoms with Gasteiger partial charge in [-0.15, -0.1) is 0 Å². The Morgan fingerprint density at radius 2 is 2.23 bits per heavy atom. The summed E-state index contributed by atoms with van der Waals surface area (Å²) in [6, 6.07) is 7.58.